The van der Waals surface area contributed by atoms with E-state index in [0.29, 0.717) is 21.4 Å². The molecule has 0 spiro atoms. The number of carboxylic acid groups (broad SMARTS) is 1. The molecule has 6 nitrogen and oxygen atoms in total. The Hall–Kier alpha value is -2.44. The molecule has 3 aromatic rings. The molecule has 2 heterocycles. The number of azo groups is 1. The number of hydrogen-bond acceptors (Lipinski definition) is 4. The number of imidazole rings is 1. The molecule has 1 N–H and O–H groups in total. The van der Waals surface area contributed by atoms with E-state index in [9.17, 15) is 9.90 Å². The van der Waals surface area contributed by atoms with Crippen molar-refractivity contribution in [1.29, 1.82) is 0 Å². The molecule has 116 valence electrons. The van der Waals surface area contributed by atoms with Crippen LogP contribution in [0.25, 0.3) is 5.65 Å². The number of hydrogen-bond donors (Lipinski definition) is 1. The number of nitrogens with zero attached hydrogens (tertiary/aromatic N) is 4. The van der Waals surface area contributed by atoms with Crippen LogP contribution >= 0.6 is 23.2 Å². The van der Waals surface area contributed by atoms with Crippen molar-refractivity contribution < 1.29 is 9.90 Å². The van der Waals surface area contributed by atoms with Crippen LogP contribution in [0.4, 0.5) is 11.5 Å². The second-order valence-electron chi connectivity index (χ2n) is 4.75. The maximum absolute atomic E-state index is 11.4. The van der Waals surface area contributed by atoms with Crippen LogP contribution in [0.15, 0.2) is 46.8 Å². The normalized spacial score (nSPS) is 11.4. The lowest BCUT2D eigenvalue weighted by Gasteiger charge is -2.01. The average Bonchev–Trinajstić information content (AvgIpc) is 2.87. The molecule has 8 heteroatoms. The predicted molar refractivity (Wildman–Crippen MR) is 87.5 cm³/mol. The Bertz CT molecular complexity index is 950. The second kappa shape index (κ2) is 5.98. The molecule has 0 saturated heterocycles. The number of carboxylic acids is 1. The minimum absolute atomic E-state index is 0.0920. The van der Waals surface area contributed by atoms with Crippen molar-refractivity contribution in [2.75, 3.05) is 0 Å². The Kier molecular flexibility index (Phi) is 4.02. The fraction of sp³-hybridized carbons (Fsp3) is 0.0667. The number of aromatic nitrogens is 2. The van der Waals surface area contributed by atoms with Crippen LogP contribution < -0.4 is 0 Å². The molecule has 1 aromatic carbocycles. The van der Waals surface area contributed by atoms with E-state index in [0.717, 1.165) is 5.56 Å². The standard InChI is InChI=1S/C15H10Cl2N4O2/c1-8-10(17)3-2-4-11(8)19-20-14-13(15(22)23)18-12-6-5-9(16)7-21(12)14/h2-7H,1H3,(H,22,23). The van der Waals surface area contributed by atoms with Gasteiger partial charge < -0.3 is 5.11 Å². The highest BCUT2D eigenvalue weighted by Crippen LogP contribution is 2.29. The summed E-state index contributed by atoms with van der Waals surface area (Å²) in [7, 11) is 0. The summed E-state index contributed by atoms with van der Waals surface area (Å²) in [4.78, 5) is 15.4. The highest BCUT2D eigenvalue weighted by molar-refractivity contribution is 6.31. The predicted octanol–water partition coefficient (Wildman–Crippen LogP) is 5.06. The first-order valence-corrected chi connectivity index (χ1v) is 7.30. The summed E-state index contributed by atoms with van der Waals surface area (Å²) in [6, 6.07) is 8.46. The number of carbonyl (C=O) groups is 1. The van der Waals surface area contributed by atoms with Crippen molar-refractivity contribution >= 4 is 46.3 Å². The summed E-state index contributed by atoms with van der Waals surface area (Å²) in [6.45, 7) is 1.81. The van der Waals surface area contributed by atoms with E-state index < -0.39 is 5.97 Å². The van der Waals surface area contributed by atoms with Gasteiger partial charge in [0.1, 0.15) is 5.65 Å². The van der Waals surface area contributed by atoms with Gasteiger partial charge in [-0.1, -0.05) is 29.3 Å². The van der Waals surface area contributed by atoms with Gasteiger partial charge >= 0.3 is 5.97 Å². The monoisotopic (exact) mass is 348 g/mol. The molecule has 0 saturated carbocycles. The lowest BCUT2D eigenvalue weighted by molar-refractivity contribution is 0.0692. The number of fused-ring (bicyclic) bond motifs is 1. The summed E-state index contributed by atoms with van der Waals surface area (Å²) in [5.41, 5.74) is 1.52. The lowest BCUT2D eigenvalue weighted by atomic mass is 10.2. The molecular formula is C15H10Cl2N4O2. The minimum Gasteiger partial charge on any atom is -0.476 e. The zero-order valence-electron chi connectivity index (χ0n) is 11.9. The molecule has 0 aliphatic rings. The average molecular weight is 349 g/mol. The van der Waals surface area contributed by atoms with Crippen LogP contribution in [0.1, 0.15) is 16.1 Å². The van der Waals surface area contributed by atoms with E-state index in [1.807, 2.05) is 0 Å². The maximum atomic E-state index is 11.4. The van der Waals surface area contributed by atoms with E-state index in [4.69, 9.17) is 23.2 Å². The summed E-state index contributed by atoms with van der Waals surface area (Å²) >= 11 is 12.0. The van der Waals surface area contributed by atoms with Crippen molar-refractivity contribution in [2.24, 2.45) is 10.2 Å². The van der Waals surface area contributed by atoms with E-state index >= 15 is 0 Å². The molecule has 0 amide bonds. The number of aromatic carboxylic acids is 1. The molecule has 0 atom stereocenters. The van der Waals surface area contributed by atoms with Gasteiger partial charge in [0.2, 0.25) is 0 Å². The lowest BCUT2D eigenvalue weighted by Crippen LogP contribution is -1.96. The third-order valence-corrected chi connectivity index (χ3v) is 3.88. The summed E-state index contributed by atoms with van der Waals surface area (Å²) < 4.78 is 1.48. The van der Waals surface area contributed by atoms with Gasteiger partial charge in [0, 0.05) is 11.2 Å². The van der Waals surface area contributed by atoms with E-state index in [-0.39, 0.29) is 11.5 Å². The highest BCUT2D eigenvalue weighted by atomic mass is 35.5. The molecule has 23 heavy (non-hydrogen) atoms. The molecule has 0 unspecified atom stereocenters. The maximum Gasteiger partial charge on any atom is 0.358 e. The van der Waals surface area contributed by atoms with E-state index in [2.05, 4.69) is 15.2 Å². The summed E-state index contributed by atoms with van der Waals surface area (Å²) in [6.07, 6.45) is 1.54. The van der Waals surface area contributed by atoms with Gasteiger partial charge in [-0.2, -0.15) is 0 Å². The SMILES string of the molecule is Cc1c(Cl)cccc1N=Nc1c(C(=O)O)nc2ccc(Cl)cn12. The number of pyridine rings is 1. The number of rotatable bonds is 3. The van der Waals surface area contributed by atoms with Crippen LogP contribution in [0.5, 0.6) is 0 Å². The largest absolute Gasteiger partial charge is 0.476 e. The first-order chi connectivity index (χ1) is 11.0. The highest BCUT2D eigenvalue weighted by Gasteiger charge is 2.18. The topological polar surface area (TPSA) is 79.3 Å². The molecule has 0 bridgehead atoms. The van der Waals surface area contributed by atoms with Crippen LogP contribution in [-0.2, 0) is 0 Å². The molecule has 0 aliphatic carbocycles. The van der Waals surface area contributed by atoms with Gasteiger partial charge in [-0.25, -0.2) is 9.78 Å². The summed E-state index contributed by atoms with van der Waals surface area (Å²) in [5, 5.41) is 18.5. The van der Waals surface area contributed by atoms with Crippen LogP contribution in [0.3, 0.4) is 0 Å². The van der Waals surface area contributed by atoms with Crippen molar-refractivity contribution in [3.63, 3.8) is 0 Å². The molecule has 2 aromatic heterocycles. The quantitative estimate of drug-likeness (QED) is 0.671. The summed E-state index contributed by atoms with van der Waals surface area (Å²) in [5.74, 6) is -1.10. The van der Waals surface area contributed by atoms with Crippen molar-refractivity contribution in [1.82, 2.24) is 9.38 Å². The number of benzene rings is 1. The van der Waals surface area contributed by atoms with Gasteiger partial charge in [0.05, 0.1) is 10.7 Å². The smallest absolute Gasteiger partial charge is 0.358 e. The fourth-order valence-electron chi connectivity index (χ4n) is 2.05. The van der Waals surface area contributed by atoms with E-state index in [1.54, 1.807) is 37.3 Å². The van der Waals surface area contributed by atoms with E-state index in [1.165, 1.54) is 10.6 Å². The van der Waals surface area contributed by atoms with Crippen molar-refractivity contribution in [2.45, 2.75) is 6.92 Å². The molecular weight excluding hydrogens is 339 g/mol. The zero-order chi connectivity index (χ0) is 16.6. The van der Waals surface area contributed by atoms with Crippen molar-refractivity contribution in [3.05, 3.63) is 57.8 Å². The van der Waals surface area contributed by atoms with Crippen LogP contribution in [0, 0.1) is 6.92 Å². The Labute approximate surface area is 141 Å². The van der Waals surface area contributed by atoms with Gasteiger partial charge in [-0.15, -0.1) is 10.2 Å². The van der Waals surface area contributed by atoms with Crippen molar-refractivity contribution in [3.8, 4) is 0 Å². The van der Waals surface area contributed by atoms with Gasteiger partial charge in [0.15, 0.2) is 11.5 Å². The van der Waals surface area contributed by atoms with Crippen LogP contribution in [-0.4, -0.2) is 20.5 Å². The molecule has 0 radical (unpaired) electrons. The molecule has 0 fully saturated rings. The van der Waals surface area contributed by atoms with Crippen LogP contribution in [0.2, 0.25) is 10.0 Å². The van der Waals surface area contributed by atoms with Gasteiger partial charge in [-0.05, 0) is 36.8 Å². The first kappa shape index (κ1) is 15.5. The fourth-order valence-corrected chi connectivity index (χ4v) is 2.38. The Morgan fingerprint density at radius 3 is 2.74 bits per heavy atom. The zero-order valence-corrected chi connectivity index (χ0v) is 13.4. The Morgan fingerprint density at radius 2 is 2.00 bits per heavy atom. The Balaban J connectivity index is 2.16. The molecule has 3 rings (SSSR count). The number of halogens is 2. The minimum atomic E-state index is -1.19. The Morgan fingerprint density at radius 1 is 1.22 bits per heavy atom. The first-order valence-electron chi connectivity index (χ1n) is 6.55. The third-order valence-electron chi connectivity index (χ3n) is 3.25. The third kappa shape index (κ3) is 2.91. The second-order valence-corrected chi connectivity index (χ2v) is 5.59. The van der Waals surface area contributed by atoms with Gasteiger partial charge in [-0.3, -0.25) is 4.40 Å². The molecule has 0 aliphatic heterocycles. The van der Waals surface area contributed by atoms with Gasteiger partial charge in [0.25, 0.3) is 0 Å².